The Morgan fingerprint density at radius 2 is 2.05 bits per heavy atom. The second-order valence-corrected chi connectivity index (χ2v) is 5.95. The van der Waals surface area contributed by atoms with Crippen LogP contribution in [-0.4, -0.2) is 6.54 Å². The predicted octanol–water partition coefficient (Wildman–Crippen LogP) is 4.83. The third-order valence-electron chi connectivity index (χ3n) is 4.54. The van der Waals surface area contributed by atoms with Crippen molar-refractivity contribution in [3.05, 3.63) is 35.4 Å². The molecule has 1 aliphatic carbocycles. The SMILES string of the molecule is CCCNC(c1cc(F)ccc1F)C1CCC(CC)C1. The van der Waals surface area contributed by atoms with Crippen LogP contribution in [0, 0.1) is 23.5 Å². The first-order valence-electron chi connectivity index (χ1n) is 7.84. The van der Waals surface area contributed by atoms with E-state index in [2.05, 4.69) is 19.2 Å². The van der Waals surface area contributed by atoms with Crippen molar-refractivity contribution in [3.63, 3.8) is 0 Å². The Labute approximate surface area is 120 Å². The first-order chi connectivity index (χ1) is 9.65. The summed E-state index contributed by atoms with van der Waals surface area (Å²) >= 11 is 0. The molecular formula is C17H25F2N. The van der Waals surface area contributed by atoms with Crippen molar-refractivity contribution in [2.75, 3.05) is 6.54 Å². The van der Waals surface area contributed by atoms with E-state index in [-0.39, 0.29) is 17.7 Å². The highest BCUT2D eigenvalue weighted by atomic mass is 19.1. The minimum Gasteiger partial charge on any atom is -0.310 e. The van der Waals surface area contributed by atoms with Gasteiger partial charge in [0, 0.05) is 11.6 Å². The van der Waals surface area contributed by atoms with Gasteiger partial charge in [-0.2, -0.15) is 0 Å². The van der Waals surface area contributed by atoms with Crippen LogP contribution in [0.5, 0.6) is 0 Å². The highest BCUT2D eigenvalue weighted by Gasteiger charge is 2.32. The summed E-state index contributed by atoms with van der Waals surface area (Å²) in [6.07, 6.45) is 5.62. The molecule has 1 aromatic rings. The highest BCUT2D eigenvalue weighted by molar-refractivity contribution is 5.23. The maximum absolute atomic E-state index is 14.1. The molecule has 3 unspecified atom stereocenters. The Morgan fingerprint density at radius 3 is 2.70 bits per heavy atom. The Balaban J connectivity index is 2.20. The lowest BCUT2D eigenvalue weighted by Gasteiger charge is -2.26. The zero-order valence-corrected chi connectivity index (χ0v) is 12.5. The summed E-state index contributed by atoms with van der Waals surface area (Å²) in [4.78, 5) is 0. The fourth-order valence-electron chi connectivity index (χ4n) is 3.37. The van der Waals surface area contributed by atoms with Gasteiger partial charge in [-0.05, 0) is 55.8 Å². The van der Waals surface area contributed by atoms with Gasteiger partial charge in [-0.3, -0.25) is 0 Å². The standard InChI is InChI=1S/C17H25F2N/c1-3-9-20-17(13-6-5-12(4-2)10-13)15-11-14(18)7-8-16(15)19/h7-8,11-13,17,20H,3-6,9-10H2,1-2H3. The summed E-state index contributed by atoms with van der Waals surface area (Å²) in [5.41, 5.74) is 0.500. The van der Waals surface area contributed by atoms with E-state index in [0.717, 1.165) is 31.7 Å². The maximum atomic E-state index is 14.1. The Bertz CT molecular complexity index is 433. The average molecular weight is 281 g/mol. The molecule has 3 heteroatoms. The lowest BCUT2D eigenvalue weighted by atomic mass is 9.90. The molecule has 112 valence electrons. The molecule has 0 aliphatic heterocycles. The van der Waals surface area contributed by atoms with Gasteiger partial charge in [-0.25, -0.2) is 8.78 Å². The Morgan fingerprint density at radius 1 is 1.25 bits per heavy atom. The summed E-state index contributed by atoms with van der Waals surface area (Å²) in [5.74, 6) is 0.514. The summed E-state index contributed by atoms with van der Waals surface area (Å²) in [6, 6.07) is 3.75. The third kappa shape index (κ3) is 3.57. The molecule has 0 radical (unpaired) electrons. The van der Waals surface area contributed by atoms with Crippen molar-refractivity contribution >= 4 is 0 Å². The van der Waals surface area contributed by atoms with Crippen molar-refractivity contribution < 1.29 is 8.78 Å². The number of nitrogens with one attached hydrogen (secondary N) is 1. The summed E-state index contributed by atoms with van der Waals surface area (Å²) in [7, 11) is 0. The molecule has 3 atom stereocenters. The van der Waals surface area contributed by atoms with Crippen LogP contribution in [-0.2, 0) is 0 Å². The summed E-state index contributed by atoms with van der Waals surface area (Å²) < 4.78 is 27.5. The maximum Gasteiger partial charge on any atom is 0.128 e. The molecule has 0 heterocycles. The van der Waals surface area contributed by atoms with Gasteiger partial charge >= 0.3 is 0 Å². The minimum absolute atomic E-state index is 0.0535. The van der Waals surface area contributed by atoms with Gasteiger partial charge in [0.15, 0.2) is 0 Å². The number of hydrogen-bond donors (Lipinski definition) is 1. The van der Waals surface area contributed by atoms with Gasteiger partial charge in [-0.15, -0.1) is 0 Å². The molecule has 1 aromatic carbocycles. The van der Waals surface area contributed by atoms with Crippen molar-refractivity contribution in [2.24, 2.45) is 11.8 Å². The van der Waals surface area contributed by atoms with E-state index >= 15 is 0 Å². The van der Waals surface area contributed by atoms with Crippen LogP contribution in [0.2, 0.25) is 0 Å². The van der Waals surface area contributed by atoms with Crippen molar-refractivity contribution in [3.8, 4) is 0 Å². The number of benzene rings is 1. The quantitative estimate of drug-likeness (QED) is 0.787. The second kappa shape index (κ2) is 7.16. The van der Waals surface area contributed by atoms with E-state index in [1.165, 1.54) is 31.0 Å². The summed E-state index contributed by atoms with van der Waals surface area (Å²) in [6.45, 7) is 5.15. The van der Waals surface area contributed by atoms with E-state index in [9.17, 15) is 8.78 Å². The molecule has 0 spiro atoms. The first kappa shape index (κ1) is 15.4. The highest BCUT2D eigenvalue weighted by Crippen LogP contribution is 2.41. The van der Waals surface area contributed by atoms with E-state index in [1.54, 1.807) is 0 Å². The van der Waals surface area contributed by atoms with Crippen LogP contribution in [0.25, 0.3) is 0 Å². The molecule has 1 fully saturated rings. The van der Waals surface area contributed by atoms with Gasteiger partial charge in [0.25, 0.3) is 0 Å². The zero-order valence-electron chi connectivity index (χ0n) is 12.5. The Kier molecular flexibility index (Phi) is 5.53. The smallest absolute Gasteiger partial charge is 0.128 e. The minimum atomic E-state index is -0.352. The average Bonchev–Trinajstić information content (AvgIpc) is 2.92. The van der Waals surface area contributed by atoms with Crippen molar-refractivity contribution in [1.29, 1.82) is 0 Å². The zero-order chi connectivity index (χ0) is 14.5. The molecule has 0 saturated heterocycles. The van der Waals surface area contributed by atoms with Gasteiger partial charge < -0.3 is 5.32 Å². The molecule has 1 aliphatic rings. The molecule has 0 amide bonds. The topological polar surface area (TPSA) is 12.0 Å². The van der Waals surface area contributed by atoms with Crippen LogP contribution in [0.15, 0.2) is 18.2 Å². The third-order valence-corrected chi connectivity index (χ3v) is 4.54. The van der Waals surface area contributed by atoms with Crippen LogP contribution < -0.4 is 5.32 Å². The van der Waals surface area contributed by atoms with Crippen LogP contribution >= 0.6 is 0 Å². The van der Waals surface area contributed by atoms with Crippen LogP contribution in [0.3, 0.4) is 0 Å². The Hall–Kier alpha value is -0.960. The molecule has 1 N–H and O–H groups in total. The summed E-state index contributed by atoms with van der Waals surface area (Å²) in [5, 5.41) is 3.43. The number of rotatable bonds is 6. The van der Waals surface area contributed by atoms with E-state index in [1.807, 2.05) is 0 Å². The molecule has 20 heavy (non-hydrogen) atoms. The molecule has 2 rings (SSSR count). The van der Waals surface area contributed by atoms with Gasteiger partial charge in [-0.1, -0.05) is 26.7 Å². The molecular weight excluding hydrogens is 256 g/mol. The molecule has 0 bridgehead atoms. The fourth-order valence-corrected chi connectivity index (χ4v) is 3.37. The van der Waals surface area contributed by atoms with E-state index in [0.29, 0.717) is 11.5 Å². The van der Waals surface area contributed by atoms with E-state index in [4.69, 9.17) is 0 Å². The molecule has 1 nitrogen and oxygen atoms in total. The van der Waals surface area contributed by atoms with Crippen molar-refractivity contribution in [1.82, 2.24) is 5.32 Å². The molecule has 1 saturated carbocycles. The molecule has 0 aromatic heterocycles. The van der Waals surface area contributed by atoms with Crippen molar-refractivity contribution in [2.45, 2.75) is 52.0 Å². The van der Waals surface area contributed by atoms with Crippen LogP contribution in [0.4, 0.5) is 8.78 Å². The number of hydrogen-bond acceptors (Lipinski definition) is 1. The second-order valence-electron chi connectivity index (χ2n) is 5.95. The first-order valence-corrected chi connectivity index (χ1v) is 7.84. The lowest BCUT2D eigenvalue weighted by molar-refractivity contribution is 0.343. The monoisotopic (exact) mass is 281 g/mol. The van der Waals surface area contributed by atoms with Gasteiger partial charge in [0.1, 0.15) is 11.6 Å². The number of halogens is 2. The predicted molar refractivity (Wildman–Crippen MR) is 78.5 cm³/mol. The van der Waals surface area contributed by atoms with Crippen LogP contribution in [0.1, 0.15) is 57.6 Å². The van der Waals surface area contributed by atoms with Gasteiger partial charge in [0.05, 0.1) is 0 Å². The fraction of sp³-hybridized carbons (Fsp3) is 0.647. The van der Waals surface area contributed by atoms with Gasteiger partial charge in [0.2, 0.25) is 0 Å². The lowest BCUT2D eigenvalue weighted by Crippen LogP contribution is -2.29. The van der Waals surface area contributed by atoms with E-state index < -0.39 is 0 Å². The largest absolute Gasteiger partial charge is 0.310 e. The normalized spacial score (nSPS) is 24.0.